The molecule has 1 aromatic heterocycles. The average Bonchev–Trinajstić information content (AvgIpc) is 2.41. The smallest absolute Gasteiger partial charge is 0.356 e. The number of hydrogen-bond donors (Lipinski definition) is 0. The molecule has 0 aliphatic carbocycles. The largest absolute Gasteiger partial charge is 0.460 e. The minimum absolute atomic E-state index is 0.331. The fourth-order valence-corrected chi connectivity index (χ4v) is 2.01. The van der Waals surface area contributed by atoms with E-state index >= 15 is 0 Å². The van der Waals surface area contributed by atoms with E-state index in [1.165, 1.54) is 19.3 Å². The Kier molecular flexibility index (Phi) is 4.50. The summed E-state index contributed by atoms with van der Waals surface area (Å²) < 4.78 is 5.19. The molecular weight excluding hydrogens is 216 g/mol. The second kappa shape index (κ2) is 6.35. The maximum atomic E-state index is 11.6. The zero-order chi connectivity index (χ0) is 11.9. The van der Waals surface area contributed by atoms with Gasteiger partial charge in [0, 0.05) is 12.7 Å². The van der Waals surface area contributed by atoms with Gasteiger partial charge < -0.3 is 4.74 Å². The molecule has 0 aromatic carbocycles. The summed E-state index contributed by atoms with van der Waals surface area (Å²) in [4.78, 5) is 17.9. The zero-order valence-corrected chi connectivity index (χ0v) is 9.97. The van der Waals surface area contributed by atoms with Crippen molar-refractivity contribution in [2.75, 3.05) is 26.2 Å². The van der Waals surface area contributed by atoms with Crippen LogP contribution in [-0.2, 0) is 4.74 Å². The van der Waals surface area contributed by atoms with E-state index in [2.05, 4.69) is 9.88 Å². The van der Waals surface area contributed by atoms with E-state index in [0.29, 0.717) is 12.3 Å². The number of carbonyl (C=O) groups excluding carboxylic acids is 1. The number of nitrogens with zero attached hydrogens (tertiary/aromatic N) is 2. The van der Waals surface area contributed by atoms with Gasteiger partial charge in [0.1, 0.15) is 12.3 Å². The highest BCUT2D eigenvalue weighted by Crippen LogP contribution is 2.07. The molecule has 4 heteroatoms. The van der Waals surface area contributed by atoms with Crippen molar-refractivity contribution in [3.05, 3.63) is 30.1 Å². The molecule has 92 valence electrons. The Morgan fingerprint density at radius 1 is 1.29 bits per heavy atom. The number of esters is 1. The monoisotopic (exact) mass is 234 g/mol. The summed E-state index contributed by atoms with van der Waals surface area (Å²) in [7, 11) is 0. The summed E-state index contributed by atoms with van der Waals surface area (Å²) in [6.45, 7) is 3.54. The predicted octanol–water partition coefficient (Wildman–Crippen LogP) is 1.72. The van der Waals surface area contributed by atoms with Crippen LogP contribution in [0.1, 0.15) is 29.8 Å². The van der Waals surface area contributed by atoms with Crippen LogP contribution in [0.25, 0.3) is 0 Å². The summed E-state index contributed by atoms with van der Waals surface area (Å²) in [5.74, 6) is -0.331. The van der Waals surface area contributed by atoms with Gasteiger partial charge in [-0.25, -0.2) is 9.78 Å². The molecule has 1 saturated heterocycles. The van der Waals surface area contributed by atoms with Crippen molar-refractivity contribution in [1.82, 2.24) is 9.88 Å². The quantitative estimate of drug-likeness (QED) is 0.744. The molecule has 17 heavy (non-hydrogen) atoms. The maximum absolute atomic E-state index is 11.6. The lowest BCUT2D eigenvalue weighted by atomic mass is 10.1. The number of rotatable bonds is 4. The molecule has 4 nitrogen and oxygen atoms in total. The van der Waals surface area contributed by atoms with E-state index in [1.54, 1.807) is 24.4 Å². The summed E-state index contributed by atoms with van der Waals surface area (Å²) in [6, 6.07) is 5.24. The summed E-state index contributed by atoms with van der Waals surface area (Å²) in [5, 5.41) is 0. The standard InChI is InChI=1S/C13H18N2O2/c16-13(12-6-2-3-7-14-12)17-11-10-15-8-4-1-5-9-15/h2-3,6-7H,1,4-5,8-11H2. The predicted molar refractivity (Wildman–Crippen MR) is 64.8 cm³/mol. The van der Waals surface area contributed by atoms with Gasteiger partial charge in [-0.1, -0.05) is 12.5 Å². The molecule has 1 aliphatic heterocycles. The second-order valence-corrected chi connectivity index (χ2v) is 4.25. The molecule has 2 rings (SSSR count). The van der Waals surface area contributed by atoms with E-state index in [9.17, 15) is 4.79 Å². The Balaban J connectivity index is 1.69. The normalized spacial score (nSPS) is 16.7. The SMILES string of the molecule is O=C(OCCN1CCCCC1)c1ccccn1. The van der Waals surface area contributed by atoms with Gasteiger partial charge in [0.05, 0.1) is 0 Å². The number of ether oxygens (including phenoxy) is 1. The number of hydrogen-bond acceptors (Lipinski definition) is 4. The third kappa shape index (κ3) is 3.82. The Bertz CT molecular complexity index is 348. The molecule has 0 saturated carbocycles. The molecule has 0 amide bonds. The van der Waals surface area contributed by atoms with Crippen LogP contribution in [0.4, 0.5) is 0 Å². The zero-order valence-electron chi connectivity index (χ0n) is 9.97. The topological polar surface area (TPSA) is 42.4 Å². The maximum Gasteiger partial charge on any atom is 0.356 e. The highest BCUT2D eigenvalue weighted by atomic mass is 16.5. The molecule has 1 fully saturated rings. The van der Waals surface area contributed by atoms with Crippen molar-refractivity contribution in [3.63, 3.8) is 0 Å². The Labute approximate surface area is 102 Å². The Hall–Kier alpha value is -1.42. The van der Waals surface area contributed by atoms with E-state index in [0.717, 1.165) is 19.6 Å². The van der Waals surface area contributed by atoms with Crippen molar-refractivity contribution in [2.24, 2.45) is 0 Å². The fraction of sp³-hybridized carbons (Fsp3) is 0.538. The van der Waals surface area contributed by atoms with E-state index in [4.69, 9.17) is 4.74 Å². The third-order valence-electron chi connectivity index (χ3n) is 2.96. The Morgan fingerprint density at radius 3 is 2.82 bits per heavy atom. The van der Waals surface area contributed by atoms with Gasteiger partial charge in [-0.05, 0) is 38.1 Å². The first-order valence-electron chi connectivity index (χ1n) is 6.17. The minimum atomic E-state index is -0.331. The van der Waals surface area contributed by atoms with Crippen molar-refractivity contribution in [1.29, 1.82) is 0 Å². The number of pyridine rings is 1. The van der Waals surface area contributed by atoms with E-state index in [-0.39, 0.29) is 5.97 Å². The van der Waals surface area contributed by atoms with Crippen LogP contribution >= 0.6 is 0 Å². The van der Waals surface area contributed by atoms with Crippen LogP contribution in [0.5, 0.6) is 0 Å². The number of likely N-dealkylation sites (tertiary alicyclic amines) is 1. The summed E-state index contributed by atoms with van der Waals surface area (Å²) in [6.07, 6.45) is 5.44. The number of piperidine rings is 1. The molecule has 0 atom stereocenters. The fourth-order valence-electron chi connectivity index (χ4n) is 2.01. The molecule has 1 aromatic rings. The van der Waals surface area contributed by atoms with Crippen molar-refractivity contribution >= 4 is 5.97 Å². The third-order valence-corrected chi connectivity index (χ3v) is 2.96. The van der Waals surface area contributed by atoms with Crippen LogP contribution in [0.15, 0.2) is 24.4 Å². The van der Waals surface area contributed by atoms with Gasteiger partial charge in [0.15, 0.2) is 0 Å². The summed E-state index contributed by atoms with van der Waals surface area (Å²) in [5.41, 5.74) is 0.381. The first kappa shape index (κ1) is 12.0. The van der Waals surface area contributed by atoms with E-state index in [1.807, 2.05) is 0 Å². The first-order valence-corrected chi connectivity index (χ1v) is 6.17. The van der Waals surface area contributed by atoms with Crippen molar-refractivity contribution in [2.45, 2.75) is 19.3 Å². The van der Waals surface area contributed by atoms with Gasteiger partial charge >= 0.3 is 5.97 Å². The lowest BCUT2D eigenvalue weighted by Crippen LogP contribution is -2.33. The second-order valence-electron chi connectivity index (χ2n) is 4.25. The molecule has 0 radical (unpaired) electrons. The van der Waals surface area contributed by atoms with Crippen LogP contribution in [-0.4, -0.2) is 42.1 Å². The molecule has 0 N–H and O–H groups in total. The lowest BCUT2D eigenvalue weighted by Gasteiger charge is -2.25. The molecule has 1 aliphatic rings. The number of carbonyl (C=O) groups is 1. The van der Waals surface area contributed by atoms with Gasteiger partial charge in [-0.2, -0.15) is 0 Å². The van der Waals surface area contributed by atoms with Gasteiger partial charge in [0.2, 0.25) is 0 Å². The van der Waals surface area contributed by atoms with Crippen LogP contribution in [0.2, 0.25) is 0 Å². The molecular formula is C13H18N2O2. The van der Waals surface area contributed by atoms with Crippen LogP contribution < -0.4 is 0 Å². The first-order chi connectivity index (χ1) is 8.36. The van der Waals surface area contributed by atoms with Crippen LogP contribution in [0.3, 0.4) is 0 Å². The lowest BCUT2D eigenvalue weighted by molar-refractivity contribution is 0.0445. The van der Waals surface area contributed by atoms with E-state index < -0.39 is 0 Å². The van der Waals surface area contributed by atoms with Crippen LogP contribution in [0, 0.1) is 0 Å². The van der Waals surface area contributed by atoms with Gasteiger partial charge in [0.25, 0.3) is 0 Å². The molecule has 0 spiro atoms. The van der Waals surface area contributed by atoms with Gasteiger partial charge in [-0.3, -0.25) is 4.90 Å². The minimum Gasteiger partial charge on any atom is -0.460 e. The van der Waals surface area contributed by atoms with Crippen molar-refractivity contribution in [3.8, 4) is 0 Å². The highest BCUT2D eigenvalue weighted by molar-refractivity contribution is 5.87. The number of aromatic nitrogens is 1. The van der Waals surface area contributed by atoms with Crippen molar-refractivity contribution < 1.29 is 9.53 Å². The van der Waals surface area contributed by atoms with Gasteiger partial charge in [-0.15, -0.1) is 0 Å². The molecule has 0 unspecified atom stereocenters. The molecule has 0 bridgehead atoms. The molecule has 2 heterocycles. The highest BCUT2D eigenvalue weighted by Gasteiger charge is 2.11. The summed E-state index contributed by atoms with van der Waals surface area (Å²) >= 11 is 0. The average molecular weight is 234 g/mol. The Morgan fingerprint density at radius 2 is 2.12 bits per heavy atom.